The van der Waals surface area contributed by atoms with Crippen LogP contribution in [0.1, 0.15) is 53.3 Å². The van der Waals surface area contributed by atoms with Crippen molar-refractivity contribution in [1.82, 2.24) is 5.32 Å². The molecule has 0 aromatic heterocycles. The van der Waals surface area contributed by atoms with E-state index in [-0.39, 0.29) is 11.9 Å². The Kier molecular flexibility index (Phi) is 5.89. The SMILES string of the molecule is Cc1cc(C)c(C)c(O[C@@H](C)C(=O)N[C@H](C)c2ccc(C)c(C)c2)c1. The molecule has 2 aromatic carbocycles. The topological polar surface area (TPSA) is 38.3 Å². The van der Waals surface area contributed by atoms with E-state index in [0.29, 0.717) is 0 Å². The molecule has 0 fully saturated rings. The summed E-state index contributed by atoms with van der Waals surface area (Å²) in [5.74, 6) is 0.670. The lowest BCUT2D eigenvalue weighted by Gasteiger charge is -2.21. The maximum atomic E-state index is 12.5. The first-order chi connectivity index (χ1) is 11.7. The molecule has 1 N–H and O–H groups in total. The van der Waals surface area contributed by atoms with Crippen LogP contribution in [0.3, 0.4) is 0 Å². The van der Waals surface area contributed by atoms with Gasteiger partial charge in [0.25, 0.3) is 5.91 Å². The largest absolute Gasteiger partial charge is 0.481 e. The second-order valence-electron chi connectivity index (χ2n) is 7.04. The van der Waals surface area contributed by atoms with Crippen molar-refractivity contribution < 1.29 is 9.53 Å². The molecule has 0 radical (unpaired) electrons. The molecule has 3 nitrogen and oxygen atoms in total. The van der Waals surface area contributed by atoms with Gasteiger partial charge in [0.15, 0.2) is 6.10 Å². The number of carbonyl (C=O) groups is 1. The fraction of sp³-hybridized carbons (Fsp3) is 0.409. The minimum Gasteiger partial charge on any atom is -0.481 e. The number of nitrogens with one attached hydrogen (secondary N) is 1. The van der Waals surface area contributed by atoms with Gasteiger partial charge in [-0.3, -0.25) is 4.79 Å². The highest BCUT2D eigenvalue weighted by Crippen LogP contribution is 2.24. The van der Waals surface area contributed by atoms with Gasteiger partial charge in [0.1, 0.15) is 5.75 Å². The first-order valence-electron chi connectivity index (χ1n) is 8.81. The highest BCUT2D eigenvalue weighted by atomic mass is 16.5. The van der Waals surface area contributed by atoms with E-state index in [2.05, 4.69) is 50.4 Å². The summed E-state index contributed by atoms with van der Waals surface area (Å²) in [5, 5.41) is 3.05. The summed E-state index contributed by atoms with van der Waals surface area (Å²) < 4.78 is 5.94. The van der Waals surface area contributed by atoms with Gasteiger partial charge >= 0.3 is 0 Å². The molecule has 2 aromatic rings. The fourth-order valence-electron chi connectivity index (χ4n) is 2.82. The van der Waals surface area contributed by atoms with Crippen LogP contribution in [-0.4, -0.2) is 12.0 Å². The van der Waals surface area contributed by atoms with Gasteiger partial charge in [-0.15, -0.1) is 0 Å². The predicted octanol–water partition coefficient (Wildman–Crippen LogP) is 4.87. The lowest BCUT2D eigenvalue weighted by Crippen LogP contribution is -2.38. The Balaban J connectivity index is 2.06. The highest BCUT2D eigenvalue weighted by Gasteiger charge is 2.19. The van der Waals surface area contributed by atoms with Crippen LogP contribution in [0.2, 0.25) is 0 Å². The number of hydrogen-bond donors (Lipinski definition) is 1. The van der Waals surface area contributed by atoms with Crippen LogP contribution < -0.4 is 10.1 Å². The van der Waals surface area contributed by atoms with Gasteiger partial charge in [0.05, 0.1) is 6.04 Å². The zero-order valence-corrected chi connectivity index (χ0v) is 16.4. The quantitative estimate of drug-likeness (QED) is 0.843. The van der Waals surface area contributed by atoms with Crippen LogP contribution in [0.4, 0.5) is 0 Å². The molecule has 0 saturated carbocycles. The van der Waals surface area contributed by atoms with E-state index in [0.717, 1.165) is 22.4 Å². The third kappa shape index (κ3) is 4.62. The molecule has 0 aliphatic rings. The smallest absolute Gasteiger partial charge is 0.261 e. The van der Waals surface area contributed by atoms with E-state index in [1.54, 1.807) is 6.92 Å². The molecule has 2 atom stereocenters. The summed E-state index contributed by atoms with van der Waals surface area (Å²) >= 11 is 0. The molecule has 134 valence electrons. The summed E-state index contributed by atoms with van der Waals surface area (Å²) in [6.45, 7) is 14.1. The summed E-state index contributed by atoms with van der Waals surface area (Å²) in [4.78, 5) is 12.5. The van der Waals surface area contributed by atoms with Crippen molar-refractivity contribution in [3.05, 3.63) is 63.7 Å². The van der Waals surface area contributed by atoms with E-state index in [9.17, 15) is 4.79 Å². The van der Waals surface area contributed by atoms with Gasteiger partial charge < -0.3 is 10.1 Å². The molecular weight excluding hydrogens is 310 g/mol. The molecule has 0 heterocycles. The maximum absolute atomic E-state index is 12.5. The maximum Gasteiger partial charge on any atom is 0.261 e. The van der Waals surface area contributed by atoms with Crippen LogP contribution in [0.5, 0.6) is 5.75 Å². The molecule has 25 heavy (non-hydrogen) atoms. The van der Waals surface area contributed by atoms with Gasteiger partial charge in [-0.25, -0.2) is 0 Å². The first kappa shape index (κ1) is 19.0. The van der Waals surface area contributed by atoms with Crippen LogP contribution in [-0.2, 0) is 4.79 Å². The average Bonchev–Trinajstić information content (AvgIpc) is 2.54. The lowest BCUT2D eigenvalue weighted by atomic mass is 10.0. The van der Waals surface area contributed by atoms with E-state index < -0.39 is 6.10 Å². The van der Waals surface area contributed by atoms with E-state index in [4.69, 9.17) is 4.74 Å². The summed E-state index contributed by atoms with van der Waals surface area (Å²) in [6.07, 6.45) is -0.547. The normalized spacial score (nSPS) is 13.2. The van der Waals surface area contributed by atoms with Crippen molar-refractivity contribution in [2.45, 2.75) is 60.6 Å². The van der Waals surface area contributed by atoms with Crippen LogP contribution >= 0.6 is 0 Å². The summed E-state index contributed by atoms with van der Waals surface area (Å²) in [7, 11) is 0. The number of carbonyl (C=O) groups excluding carboxylic acids is 1. The van der Waals surface area contributed by atoms with Crippen molar-refractivity contribution >= 4 is 5.91 Å². The Bertz CT molecular complexity index is 780. The molecule has 0 unspecified atom stereocenters. The van der Waals surface area contributed by atoms with E-state index in [1.807, 2.05) is 26.8 Å². The second kappa shape index (κ2) is 7.73. The van der Waals surface area contributed by atoms with Crippen LogP contribution in [0.25, 0.3) is 0 Å². The second-order valence-corrected chi connectivity index (χ2v) is 7.04. The number of aryl methyl sites for hydroxylation is 4. The molecule has 2 rings (SSSR count). The van der Waals surface area contributed by atoms with Crippen molar-refractivity contribution in [3.8, 4) is 5.75 Å². The number of hydrogen-bond acceptors (Lipinski definition) is 2. The van der Waals surface area contributed by atoms with E-state index in [1.165, 1.54) is 16.7 Å². The Labute approximate surface area is 151 Å². The third-order valence-electron chi connectivity index (χ3n) is 4.83. The molecule has 0 saturated heterocycles. The van der Waals surface area contributed by atoms with Gasteiger partial charge in [0.2, 0.25) is 0 Å². The highest BCUT2D eigenvalue weighted by molar-refractivity contribution is 5.81. The minimum absolute atomic E-state index is 0.0572. The van der Waals surface area contributed by atoms with Crippen LogP contribution in [0, 0.1) is 34.6 Å². The summed E-state index contributed by atoms with van der Waals surface area (Å²) in [6, 6.07) is 10.3. The standard InChI is InChI=1S/C22H29NO2/c1-13-10-16(4)17(5)21(11-13)25-19(7)22(24)23-18(6)20-9-8-14(2)15(3)12-20/h8-12,18-19H,1-7H3,(H,23,24)/t18-,19+/m1/s1. The number of amides is 1. The zero-order chi connectivity index (χ0) is 18.7. The molecule has 0 bridgehead atoms. The van der Waals surface area contributed by atoms with Crippen LogP contribution in [0.15, 0.2) is 30.3 Å². The minimum atomic E-state index is -0.547. The van der Waals surface area contributed by atoms with Gasteiger partial charge in [-0.1, -0.05) is 24.3 Å². The Morgan fingerprint density at radius 3 is 2.24 bits per heavy atom. The Morgan fingerprint density at radius 2 is 1.60 bits per heavy atom. The molecule has 0 spiro atoms. The third-order valence-corrected chi connectivity index (χ3v) is 4.83. The van der Waals surface area contributed by atoms with Crippen molar-refractivity contribution in [3.63, 3.8) is 0 Å². The number of benzene rings is 2. The molecule has 1 amide bonds. The van der Waals surface area contributed by atoms with Gasteiger partial charge in [-0.2, -0.15) is 0 Å². The van der Waals surface area contributed by atoms with Crippen molar-refractivity contribution in [2.75, 3.05) is 0 Å². The molecular formula is C22H29NO2. The average molecular weight is 339 g/mol. The summed E-state index contributed by atoms with van der Waals surface area (Å²) in [5.41, 5.74) is 6.97. The lowest BCUT2D eigenvalue weighted by molar-refractivity contribution is -0.127. The van der Waals surface area contributed by atoms with Crippen molar-refractivity contribution in [2.24, 2.45) is 0 Å². The van der Waals surface area contributed by atoms with E-state index >= 15 is 0 Å². The monoisotopic (exact) mass is 339 g/mol. The molecule has 3 heteroatoms. The first-order valence-corrected chi connectivity index (χ1v) is 8.81. The Morgan fingerprint density at radius 1 is 0.920 bits per heavy atom. The predicted molar refractivity (Wildman–Crippen MR) is 103 cm³/mol. The zero-order valence-electron chi connectivity index (χ0n) is 16.4. The van der Waals surface area contributed by atoms with Crippen molar-refractivity contribution in [1.29, 1.82) is 0 Å². The fourth-order valence-corrected chi connectivity index (χ4v) is 2.82. The Hall–Kier alpha value is -2.29. The molecule has 0 aliphatic heterocycles. The van der Waals surface area contributed by atoms with Gasteiger partial charge in [-0.05, 0) is 87.9 Å². The molecule has 0 aliphatic carbocycles. The van der Waals surface area contributed by atoms with Gasteiger partial charge in [0, 0.05) is 0 Å². The number of rotatable bonds is 5. The number of ether oxygens (including phenoxy) is 1.